The highest BCUT2D eigenvalue weighted by atomic mass is 35.5. The molecule has 4 heteroatoms. The van der Waals surface area contributed by atoms with E-state index in [4.69, 9.17) is 11.6 Å². The first-order valence-corrected chi connectivity index (χ1v) is 8.72. The highest BCUT2D eigenvalue weighted by Crippen LogP contribution is 2.24. The molecule has 1 heterocycles. The fraction of sp³-hybridized carbons (Fsp3) is 0.500. The second-order valence-corrected chi connectivity index (χ2v) is 6.53. The van der Waals surface area contributed by atoms with E-state index in [0.29, 0.717) is 0 Å². The number of nitrogens with zero attached hydrogens (tertiary/aromatic N) is 1. The van der Waals surface area contributed by atoms with Crippen molar-refractivity contribution in [2.45, 2.75) is 44.6 Å². The number of fused-ring (bicyclic) bond motifs is 1. The molecular formula is C18H24ClN3. The third-order valence-electron chi connectivity index (χ3n) is 4.41. The molecule has 1 aliphatic rings. The molecule has 0 bridgehead atoms. The predicted octanol–water partition coefficient (Wildman–Crippen LogP) is 4.61. The number of hydrogen-bond donors (Lipinski definition) is 2. The zero-order valence-electron chi connectivity index (χ0n) is 12.9. The van der Waals surface area contributed by atoms with Gasteiger partial charge in [0.05, 0.1) is 5.52 Å². The molecule has 22 heavy (non-hydrogen) atoms. The standard InChI is InChI=1S/C18H24ClN3/c19-14-7-8-16-17(9-12-22-18(16)13-14)21-11-4-10-20-15-5-2-1-3-6-15/h7-9,12-13,15,20H,1-6,10-11H2,(H,21,22). The minimum atomic E-state index is 0.730. The molecule has 1 aromatic carbocycles. The number of benzene rings is 1. The third kappa shape index (κ3) is 4.11. The molecule has 1 fully saturated rings. The number of halogens is 1. The van der Waals surface area contributed by atoms with Crippen LogP contribution in [-0.2, 0) is 0 Å². The zero-order chi connectivity index (χ0) is 15.2. The molecule has 118 valence electrons. The van der Waals surface area contributed by atoms with Crippen molar-refractivity contribution in [3.63, 3.8) is 0 Å². The van der Waals surface area contributed by atoms with Crippen molar-refractivity contribution in [1.29, 1.82) is 0 Å². The lowest BCUT2D eigenvalue weighted by atomic mass is 9.95. The van der Waals surface area contributed by atoms with Gasteiger partial charge in [-0.1, -0.05) is 30.9 Å². The second kappa shape index (κ2) is 7.80. The summed E-state index contributed by atoms with van der Waals surface area (Å²) in [5.41, 5.74) is 2.08. The van der Waals surface area contributed by atoms with Gasteiger partial charge in [0.15, 0.2) is 0 Å². The van der Waals surface area contributed by atoms with E-state index in [-0.39, 0.29) is 0 Å². The largest absolute Gasteiger partial charge is 0.384 e. The van der Waals surface area contributed by atoms with Crippen LogP contribution < -0.4 is 10.6 Å². The Morgan fingerprint density at radius 3 is 2.82 bits per heavy atom. The highest BCUT2D eigenvalue weighted by molar-refractivity contribution is 6.31. The number of aromatic nitrogens is 1. The second-order valence-electron chi connectivity index (χ2n) is 6.09. The van der Waals surface area contributed by atoms with E-state index in [1.54, 1.807) is 0 Å². The number of rotatable bonds is 6. The fourth-order valence-corrected chi connectivity index (χ4v) is 3.37. The number of hydrogen-bond acceptors (Lipinski definition) is 3. The third-order valence-corrected chi connectivity index (χ3v) is 4.65. The first-order chi connectivity index (χ1) is 10.8. The van der Waals surface area contributed by atoms with Crippen LogP contribution in [0.3, 0.4) is 0 Å². The molecule has 0 saturated heterocycles. The van der Waals surface area contributed by atoms with Crippen LogP contribution in [0.4, 0.5) is 5.69 Å². The van der Waals surface area contributed by atoms with Crippen LogP contribution in [0.15, 0.2) is 30.5 Å². The minimum absolute atomic E-state index is 0.730. The summed E-state index contributed by atoms with van der Waals surface area (Å²) in [6.45, 7) is 2.06. The van der Waals surface area contributed by atoms with E-state index in [1.807, 2.05) is 30.5 Å². The minimum Gasteiger partial charge on any atom is -0.384 e. The summed E-state index contributed by atoms with van der Waals surface area (Å²) in [7, 11) is 0. The molecular weight excluding hydrogens is 294 g/mol. The number of nitrogens with one attached hydrogen (secondary N) is 2. The molecule has 2 N–H and O–H groups in total. The van der Waals surface area contributed by atoms with Gasteiger partial charge in [-0.15, -0.1) is 0 Å². The van der Waals surface area contributed by atoms with Crippen LogP contribution in [0.1, 0.15) is 38.5 Å². The smallest absolute Gasteiger partial charge is 0.0737 e. The summed E-state index contributed by atoms with van der Waals surface area (Å²) in [5, 5.41) is 9.07. The Morgan fingerprint density at radius 1 is 1.09 bits per heavy atom. The average molecular weight is 318 g/mol. The van der Waals surface area contributed by atoms with Gasteiger partial charge < -0.3 is 10.6 Å². The summed E-state index contributed by atoms with van der Waals surface area (Å²) in [6.07, 6.45) is 9.86. The van der Waals surface area contributed by atoms with Crippen LogP contribution in [0.5, 0.6) is 0 Å². The van der Waals surface area contributed by atoms with E-state index >= 15 is 0 Å². The van der Waals surface area contributed by atoms with Gasteiger partial charge in [0.25, 0.3) is 0 Å². The fourth-order valence-electron chi connectivity index (χ4n) is 3.20. The first-order valence-electron chi connectivity index (χ1n) is 8.34. The topological polar surface area (TPSA) is 37.0 Å². The lowest BCUT2D eigenvalue weighted by Crippen LogP contribution is -2.32. The van der Waals surface area contributed by atoms with Crippen LogP contribution in [-0.4, -0.2) is 24.1 Å². The van der Waals surface area contributed by atoms with Gasteiger partial charge >= 0.3 is 0 Å². The van der Waals surface area contributed by atoms with Crippen molar-refractivity contribution >= 4 is 28.2 Å². The summed E-state index contributed by atoms with van der Waals surface area (Å²) in [4.78, 5) is 4.37. The van der Waals surface area contributed by atoms with E-state index in [2.05, 4.69) is 15.6 Å². The van der Waals surface area contributed by atoms with Crippen LogP contribution in [0.25, 0.3) is 10.9 Å². The number of pyridine rings is 1. The molecule has 1 aliphatic carbocycles. The first kappa shape index (κ1) is 15.6. The molecule has 0 unspecified atom stereocenters. The molecule has 3 nitrogen and oxygen atoms in total. The normalized spacial score (nSPS) is 16.0. The van der Waals surface area contributed by atoms with Crippen molar-refractivity contribution in [1.82, 2.24) is 10.3 Å². The Kier molecular flexibility index (Phi) is 5.52. The Bertz CT molecular complexity index is 608. The molecule has 1 saturated carbocycles. The Hall–Kier alpha value is -1.32. The van der Waals surface area contributed by atoms with E-state index in [1.165, 1.54) is 32.1 Å². The monoisotopic (exact) mass is 317 g/mol. The van der Waals surface area contributed by atoms with Gasteiger partial charge in [0, 0.05) is 34.9 Å². The molecule has 0 atom stereocenters. The molecule has 1 aromatic heterocycles. The summed E-state index contributed by atoms with van der Waals surface area (Å²) >= 11 is 6.02. The molecule has 3 rings (SSSR count). The van der Waals surface area contributed by atoms with Gasteiger partial charge in [0.2, 0.25) is 0 Å². The zero-order valence-corrected chi connectivity index (χ0v) is 13.7. The van der Waals surface area contributed by atoms with Crippen LogP contribution in [0, 0.1) is 0 Å². The molecule has 0 amide bonds. The van der Waals surface area contributed by atoms with Crippen molar-refractivity contribution < 1.29 is 0 Å². The van der Waals surface area contributed by atoms with Crippen molar-refractivity contribution in [2.24, 2.45) is 0 Å². The van der Waals surface area contributed by atoms with Gasteiger partial charge in [-0.05, 0) is 50.1 Å². The lowest BCUT2D eigenvalue weighted by molar-refractivity contribution is 0.373. The van der Waals surface area contributed by atoms with Crippen molar-refractivity contribution in [3.8, 4) is 0 Å². The summed E-state index contributed by atoms with van der Waals surface area (Å²) in [5.74, 6) is 0. The highest BCUT2D eigenvalue weighted by Gasteiger charge is 2.11. The summed E-state index contributed by atoms with van der Waals surface area (Å²) in [6, 6.07) is 8.64. The SMILES string of the molecule is Clc1ccc2c(NCCCNC3CCCCC3)ccnc2c1. The van der Waals surface area contributed by atoms with Gasteiger partial charge in [0.1, 0.15) is 0 Å². The van der Waals surface area contributed by atoms with Crippen molar-refractivity contribution in [2.75, 3.05) is 18.4 Å². The Morgan fingerprint density at radius 2 is 1.95 bits per heavy atom. The average Bonchev–Trinajstić information content (AvgIpc) is 2.55. The molecule has 0 radical (unpaired) electrons. The van der Waals surface area contributed by atoms with Gasteiger partial charge in [-0.2, -0.15) is 0 Å². The molecule has 0 spiro atoms. The Labute approximate surface area is 137 Å². The molecule has 0 aliphatic heterocycles. The lowest BCUT2D eigenvalue weighted by Gasteiger charge is -2.22. The Balaban J connectivity index is 1.47. The van der Waals surface area contributed by atoms with Crippen molar-refractivity contribution in [3.05, 3.63) is 35.5 Å². The maximum Gasteiger partial charge on any atom is 0.0737 e. The van der Waals surface area contributed by atoms with E-state index in [9.17, 15) is 0 Å². The quantitative estimate of drug-likeness (QED) is 0.764. The van der Waals surface area contributed by atoms with E-state index < -0.39 is 0 Å². The molecule has 2 aromatic rings. The predicted molar refractivity (Wildman–Crippen MR) is 94.7 cm³/mol. The van der Waals surface area contributed by atoms with E-state index in [0.717, 1.165) is 47.2 Å². The van der Waals surface area contributed by atoms with Gasteiger partial charge in [-0.25, -0.2) is 0 Å². The maximum atomic E-state index is 6.02. The van der Waals surface area contributed by atoms with Gasteiger partial charge in [-0.3, -0.25) is 4.98 Å². The maximum absolute atomic E-state index is 6.02. The summed E-state index contributed by atoms with van der Waals surface area (Å²) < 4.78 is 0. The van der Waals surface area contributed by atoms with Crippen LogP contribution >= 0.6 is 11.6 Å². The number of anilines is 1. The van der Waals surface area contributed by atoms with Crippen LogP contribution in [0.2, 0.25) is 5.02 Å².